The van der Waals surface area contributed by atoms with Crippen molar-refractivity contribution in [3.05, 3.63) is 162 Å². The SMILES string of the molecule is N#CC1=C(c2ccc(C(F)(F)F)cc2)C(C(C#N)c2c(F)c(F)nc(F)c2F)c2c(C#N)c3c(c(C#N)c21)C(C#N)=C(c1ccc(C(F)(F)F)cc1)C3C(C#N)c1c(F)c(F)nc(F)c1F. The molecule has 0 fully saturated rings. The normalized spacial score (nSPS) is 16.3. The molecule has 0 N–H and O–H groups in total. The highest BCUT2D eigenvalue weighted by atomic mass is 19.4. The molecule has 0 saturated carbocycles. The van der Waals surface area contributed by atoms with Gasteiger partial charge in [0.15, 0.2) is 23.3 Å². The number of benzene rings is 3. The monoisotopic (exact) mass is 918 g/mol. The minimum atomic E-state index is -5.02. The van der Waals surface area contributed by atoms with Crippen molar-refractivity contribution >= 4 is 22.3 Å². The van der Waals surface area contributed by atoms with Crippen LogP contribution in [0.3, 0.4) is 0 Å². The van der Waals surface area contributed by atoms with E-state index < -0.39 is 172 Å². The fraction of sp³-hybridized carbons (Fsp3) is 0.136. The van der Waals surface area contributed by atoms with E-state index in [1.54, 1.807) is 24.3 Å². The highest BCUT2D eigenvalue weighted by Crippen LogP contribution is 2.62. The molecule has 66 heavy (non-hydrogen) atoms. The van der Waals surface area contributed by atoms with E-state index in [1.165, 1.54) is 12.1 Å². The molecule has 2 aromatic heterocycles. The smallest absolute Gasteiger partial charge is 0.201 e. The van der Waals surface area contributed by atoms with E-state index in [0.717, 1.165) is 0 Å². The van der Waals surface area contributed by atoms with Crippen LogP contribution in [-0.4, -0.2) is 9.97 Å². The molecule has 0 aliphatic heterocycles. The van der Waals surface area contributed by atoms with E-state index in [9.17, 15) is 75.5 Å². The number of alkyl halides is 6. The fourth-order valence-electron chi connectivity index (χ4n) is 8.42. The lowest BCUT2D eigenvalue weighted by molar-refractivity contribution is -0.138. The molecular formula is C44H12F14N8. The average Bonchev–Trinajstić information content (AvgIpc) is 3.79. The summed E-state index contributed by atoms with van der Waals surface area (Å²) in [7, 11) is 0. The number of hydrogen-bond donors (Lipinski definition) is 0. The van der Waals surface area contributed by atoms with Gasteiger partial charge in [-0.1, -0.05) is 24.3 Å². The van der Waals surface area contributed by atoms with Gasteiger partial charge in [-0.3, -0.25) is 0 Å². The third kappa shape index (κ3) is 6.79. The molecule has 0 saturated heterocycles. The van der Waals surface area contributed by atoms with E-state index >= 15 is 17.6 Å². The summed E-state index contributed by atoms with van der Waals surface area (Å²) in [5.74, 6) is -29.0. The first kappa shape index (κ1) is 45.4. The van der Waals surface area contributed by atoms with Gasteiger partial charge in [0, 0.05) is 23.0 Å². The predicted octanol–water partition coefficient (Wildman–Crippen LogP) is 11.0. The first-order valence-electron chi connectivity index (χ1n) is 18.0. The Morgan fingerprint density at radius 1 is 0.439 bits per heavy atom. The third-order valence-corrected chi connectivity index (χ3v) is 11.0. The minimum Gasteiger partial charge on any atom is -0.201 e. The highest BCUT2D eigenvalue weighted by molar-refractivity contribution is 6.13. The van der Waals surface area contributed by atoms with Crippen LogP contribution in [0.5, 0.6) is 0 Å². The van der Waals surface area contributed by atoms with Gasteiger partial charge in [0.05, 0.1) is 74.6 Å². The van der Waals surface area contributed by atoms with Crippen LogP contribution in [0, 0.1) is 115 Å². The number of nitrogens with zero attached hydrogens (tertiary/aromatic N) is 8. The number of rotatable bonds is 6. The molecular weight excluding hydrogens is 907 g/mol. The van der Waals surface area contributed by atoms with E-state index in [0.29, 0.717) is 48.5 Å². The van der Waals surface area contributed by atoms with Gasteiger partial charge in [-0.2, -0.15) is 85.4 Å². The third-order valence-electron chi connectivity index (χ3n) is 11.0. The van der Waals surface area contributed by atoms with Crippen LogP contribution >= 0.6 is 0 Å². The molecule has 2 aliphatic rings. The Morgan fingerprint density at radius 2 is 0.742 bits per heavy atom. The van der Waals surface area contributed by atoms with Crippen molar-refractivity contribution in [1.29, 1.82) is 31.6 Å². The molecule has 4 atom stereocenters. The maximum absolute atomic E-state index is 15.7. The lowest BCUT2D eigenvalue weighted by atomic mass is 9.72. The maximum atomic E-state index is 15.7. The van der Waals surface area contributed by atoms with Gasteiger partial charge < -0.3 is 0 Å². The molecule has 0 bridgehead atoms. The first-order chi connectivity index (χ1) is 31.1. The zero-order chi connectivity index (χ0) is 48.5. The summed E-state index contributed by atoms with van der Waals surface area (Å²) >= 11 is 0. The molecule has 0 amide bonds. The van der Waals surface area contributed by atoms with Gasteiger partial charge in [-0.25, -0.2) is 17.6 Å². The molecule has 7 rings (SSSR count). The predicted molar refractivity (Wildman–Crippen MR) is 194 cm³/mol. The molecule has 4 unspecified atom stereocenters. The van der Waals surface area contributed by atoms with Gasteiger partial charge in [0.2, 0.25) is 0 Å². The Balaban J connectivity index is 1.71. The quantitative estimate of drug-likeness (QED) is 0.120. The highest BCUT2D eigenvalue weighted by Gasteiger charge is 2.51. The van der Waals surface area contributed by atoms with Crippen LogP contribution < -0.4 is 0 Å². The largest absolute Gasteiger partial charge is 0.416 e. The van der Waals surface area contributed by atoms with Gasteiger partial charge in [-0.15, -0.1) is 0 Å². The maximum Gasteiger partial charge on any atom is 0.416 e. The van der Waals surface area contributed by atoms with E-state index in [4.69, 9.17) is 0 Å². The molecule has 5 aromatic rings. The second-order valence-electron chi connectivity index (χ2n) is 14.1. The summed E-state index contributed by atoms with van der Waals surface area (Å²) in [4.78, 5) is 4.86. The van der Waals surface area contributed by atoms with Crippen molar-refractivity contribution < 1.29 is 61.5 Å². The Hall–Kier alpha value is -8.60. The molecule has 326 valence electrons. The van der Waals surface area contributed by atoms with Crippen molar-refractivity contribution in [2.24, 2.45) is 0 Å². The zero-order valence-electron chi connectivity index (χ0n) is 31.8. The standard InChI is InChI=1S/C44H12F14N8/c45-35-33(36(46)40(50)65-39(35)49)23(13-63)29-25(15-1-5-17(6-2-15)43(53,54)55)19(9-59)27-21(11-61)28-20(10-60)26(16-3-7-18(8-4-16)44(56,57)58)30(32(28)22(12-62)31(27)29)24(14-64)34-37(47)41(51)66-42(52)38(34)48/h1-8,23-24,29-30H. The van der Waals surface area contributed by atoms with Crippen molar-refractivity contribution in [2.45, 2.75) is 36.0 Å². The number of aromatic nitrogens is 2. The van der Waals surface area contributed by atoms with Crippen molar-refractivity contribution in [3.8, 4) is 36.4 Å². The van der Waals surface area contributed by atoms with Crippen LogP contribution in [0.2, 0.25) is 0 Å². The first-order valence-corrected chi connectivity index (χ1v) is 18.0. The van der Waals surface area contributed by atoms with E-state index in [2.05, 4.69) is 9.97 Å². The Labute approximate surface area is 359 Å². The molecule has 2 heterocycles. The number of fused-ring (bicyclic) bond motifs is 2. The molecule has 2 aliphatic carbocycles. The molecule has 0 radical (unpaired) electrons. The molecule has 3 aromatic carbocycles. The second-order valence-corrected chi connectivity index (χ2v) is 14.1. The summed E-state index contributed by atoms with van der Waals surface area (Å²) in [6.45, 7) is 0. The van der Waals surface area contributed by atoms with E-state index in [1.807, 2.05) is 0 Å². The lowest BCUT2D eigenvalue weighted by Crippen LogP contribution is -2.20. The Morgan fingerprint density at radius 3 is 0.985 bits per heavy atom. The summed E-state index contributed by atoms with van der Waals surface area (Å²) in [6, 6.07) is 13.7. The minimum absolute atomic E-state index is 0.429. The van der Waals surface area contributed by atoms with Gasteiger partial charge >= 0.3 is 12.4 Å². The summed E-state index contributed by atoms with van der Waals surface area (Å²) in [6.07, 6.45) is -10.0. The van der Waals surface area contributed by atoms with Crippen LogP contribution in [0.1, 0.15) is 90.4 Å². The Bertz CT molecular complexity index is 3040. The summed E-state index contributed by atoms with van der Waals surface area (Å²) < 4.78 is 204. The lowest BCUT2D eigenvalue weighted by Gasteiger charge is -2.28. The Kier molecular flexibility index (Phi) is 11.1. The number of nitriles is 6. The van der Waals surface area contributed by atoms with Gasteiger partial charge in [-0.05, 0) is 57.7 Å². The van der Waals surface area contributed by atoms with Crippen LogP contribution in [0.4, 0.5) is 61.5 Å². The van der Waals surface area contributed by atoms with Gasteiger partial charge in [0.25, 0.3) is 23.8 Å². The molecule has 0 spiro atoms. The number of pyridine rings is 2. The van der Waals surface area contributed by atoms with E-state index in [-0.39, 0.29) is 0 Å². The van der Waals surface area contributed by atoms with Crippen molar-refractivity contribution in [2.75, 3.05) is 0 Å². The van der Waals surface area contributed by atoms with Crippen LogP contribution in [-0.2, 0) is 12.4 Å². The van der Waals surface area contributed by atoms with Crippen LogP contribution in [0.15, 0.2) is 48.5 Å². The average molecular weight is 919 g/mol. The molecule has 22 heteroatoms. The second kappa shape index (κ2) is 16.2. The fourth-order valence-corrected chi connectivity index (χ4v) is 8.42. The van der Waals surface area contributed by atoms with Crippen molar-refractivity contribution in [1.82, 2.24) is 9.97 Å². The number of hydrogen-bond acceptors (Lipinski definition) is 8. The number of halogens is 14. The summed E-state index contributed by atoms with van der Waals surface area (Å²) in [5, 5.41) is 64.9. The van der Waals surface area contributed by atoms with Gasteiger partial charge in [0.1, 0.15) is 18.2 Å². The summed E-state index contributed by atoms with van der Waals surface area (Å²) in [5.41, 5.74) is -16.0. The van der Waals surface area contributed by atoms with Crippen LogP contribution in [0.25, 0.3) is 22.3 Å². The van der Waals surface area contributed by atoms with Crippen molar-refractivity contribution in [3.63, 3.8) is 0 Å². The zero-order valence-corrected chi connectivity index (χ0v) is 31.8. The molecule has 8 nitrogen and oxygen atoms in total. The number of allylic oxidation sites excluding steroid dienone is 4. The topological polar surface area (TPSA) is 169 Å².